The van der Waals surface area contributed by atoms with Gasteiger partial charge in [-0.2, -0.15) is 5.10 Å². The van der Waals surface area contributed by atoms with E-state index in [1.807, 2.05) is 35.0 Å². The van der Waals surface area contributed by atoms with E-state index in [2.05, 4.69) is 29.1 Å². The van der Waals surface area contributed by atoms with Crippen LogP contribution in [0.3, 0.4) is 0 Å². The third-order valence-electron chi connectivity index (χ3n) is 4.28. The van der Waals surface area contributed by atoms with E-state index < -0.39 is 5.54 Å². The molecule has 1 heterocycles. The molecule has 23 heavy (non-hydrogen) atoms. The molecule has 0 fully saturated rings. The first-order valence-corrected chi connectivity index (χ1v) is 7.94. The second kappa shape index (κ2) is 6.73. The Morgan fingerprint density at radius 1 is 1.00 bits per heavy atom. The van der Waals surface area contributed by atoms with Crippen molar-refractivity contribution in [2.24, 2.45) is 0 Å². The molecule has 2 aromatic carbocycles. The lowest BCUT2D eigenvalue weighted by atomic mass is 9.79. The maximum Gasteiger partial charge on any atom is 0.137 e. The van der Waals surface area contributed by atoms with Gasteiger partial charge in [0.2, 0.25) is 0 Å². The molecule has 1 aromatic heterocycles. The predicted octanol–water partition coefficient (Wildman–Crippen LogP) is 4.40. The van der Waals surface area contributed by atoms with Crippen LogP contribution in [-0.2, 0) is 5.54 Å². The monoisotopic (exact) mass is 309 g/mol. The Hall–Kier alpha value is -2.49. The number of halogens is 1. The van der Waals surface area contributed by atoms with E-state index in [9.17, 15) is 4.39 Å². The lowest BCUT2D eigenvalue weighted by molar-refractivity contribution is 0.348. The molecular formula is C19H20FN3. The fourth-order valence-electron chi connectivity index (χ4n) is 3.11. The van der Waals surface area contributed by atoms with Crippen molar-refractivity contribution >= 4 is 0 Å². The van der Waals surface area contributed by atoms with Crippen LogP contribution in [-0.4, -0.2) is 14.8 Å². The van der Waals surface area contributed by atoms with Gasteiger partial charge in [-0.15, -0.1) is 0 Å². The summed E-state index contributed by atoms with van der Waals surface area (Å²) in [6, 6.07) is 17.0. The van der Waals surface area contributed by atoms with Gasteiger partial charge >= 0.3 is 0 Å². The fraction of sp³-hybridized carbons (Fsp3) is 0.263. The van der Waals surface area contributed by atoms with Crippen LogP contribution in [0.2, 0.25) is 0 Å². The average molecular weight is 309 g/mol. The van der Waals surface area contributed by atoms with Crippen LogP contribution in [0.1, 0.15) is 37.3 Å². The number of nitrogens with zero attached hydrogens (tertiary/aromatic N) is 3. The fourth-order valence-corrected chi connectivity index (χ4v) is 3.11. The normalized spacial score (nSPS) is 13.7. The Morgan fingerprint density at radius 3 is 2.30 bits per heavy atom. The van der Waals surface area contributed by atoms with Gasteiger partial charge in [0, 0.05) is 0 Å². The van der Waals surface area contributed by atoms with Gasteiger partial charge in [0.1, 0.15) is 24.0 Å². The summed E-state index contributed by atoms with van der Waals surface area (Å²) in [5, 5.41) is 4.43. The van der Waals surface area contributed by atoms with Crippen molar-refractivity contribution in [1.29, 1.82) is 0 Å². The molecule has 0 saturated carbocycles. The predicted molar refractivity (Wildman–Crippen MR) is 88.6 cm³/mol. The lowest BCUT2D eigenvalue weighted by Crippen LogP contribution is -2.37. The highest BCUT2D eigenvalue weighted by atomic mass is 19.1. The maximum atomic E-state index is 13.4. The molecule has 118 valence electrons. The molecule has 0 saturated heterocycles. The number of benzene rings is 2. The second-order valence-electron chi connectivity index (χ2n) is 5.68. The Balaban J connectivity index is 2.23. The summed E-state index contributed by atoms with van der Waals surface area (Å²) in [5.74, 6) is -0.232. The van der Waals surface area contributed by atoms with E-state index in [1.165, 1.54) is 12.1 Å². The zero-order valence-electron chi connectivity index (χ0n) is 13.2. The minimum Gasteiger partial charge on any atom is -0.238 e. The van der Waals surface area contributed by atoms with Crippen LogP contribution in [0.4, 0.5) is 4.39 Å². The highest BCUT2D eigenvalue weighted by molar-refractivity contribution is 5.39. The smallest absolute Gasteiger partial charge is 0.137 e. The van der Waals surface area contributed by atoms with Crippen molar-refractivity contribution in [3.05, 3.63) is 84.2 Å². The highest BCUT2D eigenvalue weighted by Crippen LogP contribution is 2.38. The van der Waals surface area contributed by atoms with E-state index in [0.29, 0.717) is 0 Å². The van der Waals surface area contributed by atoms with Crippen LogP contribution >= 0.6 is 0 Å². The van der Waals surface area contributed by atoms with Gasteiger partial charge in [-0.1, -0.05) is 62.2 Å². The van der Waals surface area contributed by atoms with Gasteiger partial charge in [-0.3, -0.25) is 0 Å². The highest BCUT2D eigenvalue weighted by Gasteiger charge is 2.36. The second-order valence-corrected chi connectivity index (χ2v) is 5.68. The molecule has 0 aliphatic rings. The van der Waals surface area contributed by atoms with Gasteiger partial charge in [0.15, 0.2) is 0 Å². The van der Waals surface area contributed by atoms with E-state index >= 15 is 0 Å². The number of hydrogen-bond donors (Lipinski definition) is 0. The third kappa shape index (κ3) is 2.89. The largest absolute Gasteiger partial charge is 0.238 e. The molecule has 0 aliphatic carbocycles. The molecular weight excluding hydrogens is 289 g/mol. The van der Waals surface area contributed by atoms with Crippen molar-refractivity contribution < 1.29 is 4.39 Å². The van der Waals surface area contributed by atoms with Gasteiger partial charge in [-0.05, 0) is 29.7 Å². The van der Waals surface area contributed by atoms with Crippen LogP contribution in [0.5, 0.6) is 0 Å². The molecule has 0 amide bonds. The van der Waals surface area contributed by atoms with Crippen molar-refractivity contribution in [2.45, 2.75) is 31.7 Å². The maximum absolute atomic E-state index is 13.4. The van der Waals surface area contributed by atoms with E-state index in [-0.39, 0.29) is 5.82 Å². The Labute approximate surface area is 135 Å². The summed E-state index contributed by atoms with van der Waals surface area (Å²) < 4.78 is 15.3. The summed E-state index contributed by atoms with van der Waals surface area (Å²) in [6.07, 6.45) is 6.28. The minimum atomic E-state index is -0.471. The van der Waals surface area contributed by atoms with Crippen molar-refractivity contribution in [3.63, 3.8) is 0 Å². The van der Waals surface area contributed by atoms with Crippen LogP contribution in [0.15, 0.2) is 67.3 Å². The quantitative estimate of drug-likeness (QED) is 0.675. The lowest BCUT2D eigenvalue weighted by Gasteiger charge is -2.35. The topological polar surface area (TPSA) is 30.7 Å². The molecule has 0 bridgehead atoms. The number of hydrogen-bond acceptors (Lipinski definition) is 2. The average Bonchev–Trinajstić information content (AvgIpc) is 3.13. The first kappa shape index (κ1) is 15.4. The van der Waals surface area contributed by atoms with Crippen molar-refractivity contribution in [1.82, 2.24) is 14.8 Å². The summed E-state index contributed by atoms with van der Waals surface area (Å²) in [5.41, 5.74) is 1.68. The first-order chi connectivity index (χ1) is 11.3. The molecule has 1 unspecified atom stereocenters. The minimum absolute atomic E-state index is 0.232. The molecule has 3 aromatic rings. The molecule has 1 atom stereocenters. The van der Waals surface area contributed by atoms with Crippen LogP contribution in [0.25, 0.3) is 0 Å². The molecule has 0 N–H and O–H groups in total. The molecule has 0 aliphatic heterocycles. The molecule has 0 spiro atoms. The number of rotatable bonds is 6. The summed E-state index contributed by atoms with van der Waals surface area (Å²) >= 11 is 0. The third-order valence-corrected chi connectivity index (χ3v) is 4.28. The molecule has 3 rings (SSSR count). The van der Waals surface area contributed by atoms with E-state index in [4.69, 9.17) is 0 Å². The summed E-state index contributed by atoms with van der Waals surface area (Å²) in [7, 11) is 0. The zero-order chi connectivity index (χ0) is 16.1. The summed E-state index contributed by atoms with van der Waals surface area (Å²) in [6.45, 7) is 2.17. The van der Waals surface area contributed by atoms with Crippen LogP contribution < -0.4 is 0 Å². The van der Waals surface area contributed by atoms with Gasteiger partial charge < -0.3 is 0 Å². The molecule has 4 heteroatoms. The van der Waals surface area contributed by atoms with Crippen molar-refractivity contribution in [2.75, 3.05) is 0 Å². The number of aromatic nitrogens is 3. The van der Waals surface area contributed by atoms with E-state index in [0.717, 1.165) is 30.4 Å². The van der Waals surface area contributed by atoms with Gasteiger partial charge in [-0.25, -0.2) is 14.1 Å². The Kier molecular flexibility index (Phi) is 4.51. The van der Waals surface area contributed by atoms with Gasteiger partial charge in [0.25, 0.3) is 0 Å². The SMILES string of the molecule is CCCCC(c1ccccc1)(c1ccc(F)cc1)n1cncn1. The Morgan fingerprint density at radius 2 is 1.70 bits per heavy atom. The van der Waals surface area contributed by atoms with Crippen molar-refractivity contribution in [3.8, 4) is 0 Å². The number of unbranched alkanes of at least 4 members (excludes halogenated alkanes) is 1. The Bertz CT molecular complexity index is 723. The summed E-state index contributed by atoms with van der Waals surface area (Å²) in [4.78, 5) is 4.14. The zero-order valence-corrected chi connectivity index (χ0v) is 13.2. The molecule has 3 nitrogen and oxygen atoms in total. The van der Waals surface area contributed by atoms with Crippen LogP contribution in [0, 0.1) is 5.82 Å². The standard InChI is InChI=1S/C19H20FN3/c1-2-3-13-19(23-15-21-14-22-23,16-7-5-4-6-8-16)17-9-11-18(20)12-10-17/h4-12,14-15H,2-3,13H2,1H3. The van der Waals surface area contributed by atoms with E-state index in [1.54, 1.807) is 12.7 Å². The first-order valence-electron chi connectivity index (χ1n) is 7.94. The van der Waals surface area contributed by atoms with Gasteiger partial charge in [0.05, 0.1) is 0 Å². The molecule has 0 radical (unpaired) electrons.